The van der Waals surface area contributed by atoms with Crippen molar-refractivity contribution in [2.75, 3.05) is 5.32 Å². The van der Waals surface area contributed by atoms with E-state index in [4.69, 9.17) is 9.52 Å². The minimum absolute atomic E-state index is 0.00627. The molecule has 0 aliphatic rings. The molecule has 1 aromatic heterocycles. The number of carbonyl (C=O) groups is 1. The minimum Gasteiger partial charge on any atom is -0.459 e. The molecule has 1 heterocycles. The van der Waals surface area contributed by atoms with E-state index < -0.39 is 12.1 Å². The van der Waals surface area contributed by atoms with Crippen molar-refractivity contribution in [3.8, 4) is 11.3 Å². The van der Waals surface area contributed by atoms with Crippen molar-refractivity contribution in [1.29, 1.82) is 0 Å². The molecule has 1 amide bonds. The van der Waals surface area contributed by atoms with E-state index in [-0.39, 0.29) is 12.3 Å². The lowest BCUT2D eigenvalue weighted by Gasteiger charge is -2.08. The molecule has 0 fully saturated rings. The van der Waals surface area contributed by atoms with Crippen molar-refractivity contribution in [2.24, 2.45) is 0 Å². The summed E-state index contributed by atoms with van der Waals surface area (Å²) in [6.07, 6.45) is -4.94. The average Bonchev–Trinajstić information content (AvgIpc) is 2.86. The molecule has 0 atom stereocenters. The molecule has 1 aromatic carbocycles. The number of aliphatic hydroxyl groups is 1. The van der Waals surface area contributed by atoms with Crippen LogP contribution in [-0.4, -0.2) is 17.2 Å². The highest BCUT2D eigenvalue weighted by Gasteiger charge is 2.38. The summed E-state index contributed by atoms with van der Waals surface area (Å²) in [5.74, 6) is -1.31. The zero-order chi connectivity index (χ0) is 14.8. The lowest BCUT2D eigenvalue weighted by Crippen LogP contribution is -2.29. The molecule has 2 aromatic rings. The molecule has 4 nitrogen and oxygen atoms in total. The molecule has 2 N–H and O–H groups in total. The van der Waals surface area contributed by atoms with Crippen LogP contribution in [0.25, 0.3) is 11.3 Å². The van der Waals surface area contributed by atoms with Crippen LogP contribution in [0, 0.1) is 0 Å². The number of anilines is 1. The highest BCUT2D eigenvalue weighted by molar-refractivity contribution is 5.95. The highest BCUT2D eigenvalue weighted by atomic mass is 19.4. The van der Waals surface area contributed by atoms with Gasteiger partial charge in [-0.3, -0.25) is 4.79 Å². The van der Waals surface area contributed by atoms with Gasteiger partial charge in [-0.2, -0.15) is 13.2 Å². The van der Waals surface area contributed by atoms with Crippen molar-refractivity contribution >= 4 is 11.6 Å². The quantitative estimate of drug-likeness (QED) is 0.911. The van der Waals surface area contributed by atoms with Crippen molar-refractivity contribution in [3.05, 3.63) is 42.2 Å². The third-order valence-corrected chi connectivity index (χ3v) is 2.48. The summed E-state index contributed by atoms with van der Waals surface area (Å²) in [5.41, 5.74) is 0.497. The molecular formula is C13H10F3NO3. The van der Waals surface area contributed by atoms with Gasteiger partial charge in [-0.05, 0) is 24.3 Å². The Kier molecular flexibility index (Phi) is 3.80. The smallest absolute Gasteiger partial charge is 0.459 e. The number of halogens is 3. The van der Waals surface area contributed by atoms with Gasteiger partial charge in [-0.15, -0.1) is 0 Å². The molecular weight excluding hydrogens is 275 g/mol. The van der Waals surface area contributed by atoms with E-state index in [2.05, 4.69) is 0 Å². The molecule has 20 heavy (non-hydrogen) atoms. The molecule has 0 unspecified atom stereocenters. The van der Waals surface area contributed by atoms with Gasteiger partial charge in [0, 0.05) is 11.3 Å². The van der Waals surface area contributed by atoms with E-state index in [1.54, 1.807) is 23.5 Å². The van der Waals surface area contributed by atoms with Gasteiger partial charge in [0.1, 0.15) is 18.1 Å². The fourth-order valence-corrected chi connectivity index (χ4v) is 1.57. The molecule has 0 aliphatic carbocycles. The van der Waals surface area contributed by atoms with E-state index in [9.17, 15) is 18.0 Å². The Labute approximate surface area is 111 Å². The van der Waals surface area contributed by atoms with E-state index in [0.29, 0.717) is 17.1 Å². The van der Waals surface area contributed by atoms with Crippen molar-refractivity contribution in [3.63, 3.8) is 0 Å². The summed E-state index contributed by atoms with van der Waals surface area (Å²) in [6.45, 7) is -0.273. The first-order chi connectivity index (χ1) is 9.40. The second kappa shape index (κ2) is 5.38. The molecule has 0 saturated heterocycles. The standard InChI is InChI=1S/C13H10F3NO3/c14-13(15,16)12(19)17-9-3-1-2-8(6-9)11-5-4-10(7-18)20-11/h1-6,18H,7H2,(H,17,19). The van der Waals surface area contributed by atoms with Gasteiger partial charge in [-0.1, -0.05) is 12.1 Å². The number of carbonyl (C=O) groups excluding carboxylic acids is 1. The van der Waals surface area contributed by atoms with Crippen LogP contribution >= 0.6 is 0 Å². The number of hydrogen-bond acceptors (Lipinski definition) is 3. The predicted octanol–water partition coefficient (Wildman–Crippen LogP) is 2.94. The van der Waals surface area contributed by atoms with Gasteiger partial charge in [-0.25, -0.2) is 0 Å². The highest BCUT2D eigenvalue weighted by Crippen LogP contribution is 2.26. The number of nitrogens with one attached hydrogen (secondary N) is 1. The summed E-state index contributed by atoms with van der Waals surface area (Å²) in [6, 6.07) is 8.92. The monoisotopic (exact) mass is 285 g/mol. The van der Waals surface area contributed by atoms with Crippen LogP contribution in [0.2, 0.25) is 0 Å². The Hall–Kier alpha value is -2.28. The molecule has 0 spiro atoms. The first-order valence-corrected chi connectivity index (χ1v) is 5.58. The van der Waals surface area contributed by atoms with Crippen LogP contribution in [0.1, 0.15) is 5.76 Å². The summed E-state index contributed by atoms with van der Waals surface area (Å²) in [5, 5.41) is 10.6. The molecule has 0 saturated carbocycles. The number of amides is 1. The van der Waals surface area contributed by atoms with Crippen LogP contribution in [-0.2, 0) is 11.4 Å². The topological polar surface area (TPSA) is 62.5 Å². The van der Waals surface area contributed by atoms with E-state index >= 15 is 0 Å². The number of benzene rings is 1. The van der Waals surface area contributed by atoms with Crippen LogP contribution in [0.15, 0.2) is 40.8 Å². The van der Waals surface area contributed by atoms with Gasteiger partial charge in [0.25, 0.3) is 0 Å². The summed E-state index contributed by atoms with van der Waals surface area (Å²) >= 11 is 0. The van der Waals surface area contributed by atoms with Crippen molar-refractivity contribution < 1.29 is 27.5 Å². The van der Waals surface area contributed by atoms with Crippen molar-refractivity contribution in [2.45, 2.75) is 12.8 Å². The second-order valence-corrected chi connectivity index (χ2v) is 3.96. The van der Waals surface area contributed by atoms with Crippen molar-refractivity contribution in [1.82, 2.24) is 0 Å². The SMILES string of the molecule is O=C(Nc1cccc(-c2ccc(CO)o2)c1)C(F)(F)F. The zero-order valence-electron chi connectivity index (χ0n) is 10.1. The Morgan fingerprint density at radius 2 is 2.00 bits per heavy atom. The molecule has 0 aliphatic heterocycles. The lowest BCUT2D eigenvalue weighted by atomic mass is 10.1. The van der Waals surface area contributed by atoms with Crippen LogP contribution in [0.4, 0.5) is 18.9 Å². The van der Waals surface area contributed by atoms with Gasteiger partial charge in [0.2, 0.25) is 0 Å². The maximum absolute atomic E-state index is 12.1. The van der Waals surface area contributed by atoms with Gasteiger partial charge in [0.05, 0.1) is 0 Å². The average molecular weight is 285 g/mol. The Balaban J connectivity index is 2.22. The fourth-order valence-electron chi connectivity index (χ4n) is 1.57. The third-order valence-electron chi connectivity index (χ3n) is 2.48. The summed E-state index contributed by atoms with van der Waals surface area (Å²) in [4.78, 5) is 10.8. The zero-order valence-corrected chi connectivity index (χ0v) is 10.1. The normalized spacial score (nSPS) is 11.4. The lowest BCUT2D eigenvalue weighted by molar-refractivity contribution is -0.167. The maximum Gasteiger partial charge on any atom is 0.471 e. The number of hydrogen-bond donors (Lipinski definition) is 2. The molecule has 0 radical (unpaired) electrons. The van der Waals surface area contributed by atoms with Crippen LogP contribution in [0.3, 0.4) is 0 Å². The fraction of sp³-hybridized carbons (Fsp3) is 0.154. The first-order valence-electron chi connectivity index (χ1n) is 5.58. The molecule has 2 rings (SSSR count). The Bertz CT molecular complexity index is 619. The number of furan rings is 1. The van der Waals surface area contributed by atoms with Crippen LogP contribution in [0.5, 0.6) is 0 Å². The molecule has 0 bridgehead atoms. The van der Waals surface area contributed by atoms with Gasteiger partial charge in [0.15, 0.2) is 0 Å². The number of rotatable bonds is 3. The molecule has 106 valence electrons. The third kappa shape index (κ3) is 3.18. The Morgan fingerprint density at radius 1 is 1.25 bits per heavy atom. The molecule has 7 heteroatoms. The predicted molar refractivity (Wildman–Crippen MR) is 64.8 cm³/mol. The summed E-state index contributed by atoms with van der Waals surface area (Å²) < 4.78 is 41.7. The van der Waals surface area contributed by atoms with E-state index in [1.165, 1.54) is 18.2 Å². The number of alkyl halides is 3. The minimum atomic E-state index is -4.94. The van der Waals surface area contributed by atoms with E-state index in [0.717, 1.165) is 0 Å². The largest absolute Gasteiger partial charge is 0.471 e. The Morgan fingerprint density at radius 3 is 2.60 bits per heavy atom. The van der Waals surface area contributed by atoms with Gasteiger partial charge < -0.3 is 14.8 Å². The van der Waals surface area contributed by atoms with Gasteiger partial charge >= 0.3 is 12.1 Å². The summed E-state index contributed by atoms with van der Waals surface area (Å²) in [7, 11) is 0. The van der Waals surface area contributed by atoms with Crippen LogP contribution < -0.4 is 5.32 Å². The maximum atomic E-state index is 12.1. The second-order valence-electron chi connectivity index (χ2n) is 3.96. The first kappa shape index (κ1) is 14.1. The van der Waals surface area contributed by atoms with E-state index in [1.807, 2.05) is 0 Å². The number of aliphatic hydroxyl groups excluding tert-OH is 1.